The molecular formula is C17H19FN2O3S. The molecule has 0 spiro atoms. The fraction of sp³-hybridized carbons (Fsp3) is 0.353. The monoisotopic (exact) mass is 350 g/mol. The molecule has 1 amide bonds. The van der Waals surface area contributed by atoms with E-state index in [0.717, 1.165) is 11.3 Å². The molecule has 7 heteroatoms. The molecule has 1 aromatic carbocycles. The molecule has 0 aliphatic rings. The Morgan fingerprint density at radius 1 is 1.38 bits per heavy atom. The Balaban J connectivity index is 2.19. The molecule has 0 bridgehead atoms. The number of thiazole rings is 1. The lowest BCUT2D eigenvalue weighted by molar-refractivity contribution is -0.126. The molecule has 128 valence electrons. The number of carboxylic acids is 1. The molecule has 0 fully saturated rings. The molecule has 0 radical (unpaired) electrons. The third-order valence-corrected chi connectivity index (χ3v) is 5.17. The lowest BCUT2D eigenvalue weighted by Crippen LogP contribution is -2.41. The van der Waals surface area contributed by atoms with Gasteiger partial charge >= 0.3 is 5.97 Å². The molecule has 5 nitrogen and oxygen atoms in total. The van der Waals surface area contributed by atoms with Crippen molar-refractivity contribution in [2.45, 2.75) is 39.2 Å². The van der Waals surface area contributed by atoms with Crippen LogP contribution in [0, 0.1) is 12.7 Å². The number of nitrogens with zero attached hydrogens (tertiary/aromatic N) is 1. The maximum absolute atomic E-state index is 13.4. The van der Waals surface area contributed by atoms with Gasteiger partial charge in [0.05, 0.1) is 17.2 Å². The lowest BCUT2D eigenvalue weighted by Gasteiger charge is -2.26. The van der Waals surface area contributed by atoms with Crippen LogP contribution in [0.5, 0.6) is 0 Å². The van der Waals surface area contributed by atoms with Crippen molar-refractivity contribution in [2.75, 3.05) is 0 Å². The fourth-order valence-electron chi connectivity index (χ4n) is 2.25. The zero-order chi connectivity index (χ0) is 18.1. The summed E-state index contributed by atoms with van der Waals surface area (Å²) in [5, 5.41) is 12.4. The van der Waals surface area contributed by atoms with E-state index in [1.807, 2.05) is 0 Å². The highest BCUT2D eigenvalue weighted by molar-refractivity contribution is 7.13. The van der Waals surface area contributed by atoms with Gasteiger partial charge in [0.25, 0.3) is 0 Å². The van der Waals surface area contributed by atoms with Crippen molar-refractivity contribution in [1.29, 1.82) is 0 Å². The van der Waals surface area contributed by atoms with E-state index < -0.39 is 23.2 Å². The average Bonchev–Trinajstić information content (AvgIpc) is 2.89. The van der Waals surface area contributed by atoms with E-state index in [4.69, 9.17) is 5.11 Å². The van der Waals surface area contributed by atoms with Gasteiger partial charge in [-0.1, -0.05) is 12.1 Å². The molecule has 2 rings (SSSR count). The van der Waals surface area contributed by atoms with Gasteiger partial charge < -0.3 is 10.4 Å². The predicted octanol–water partition coefficient (Wildman–Crippen LogP) is 3.44. The maximum atomic E-state index is 13.4. The van der Waals surface area contributed by atoms with Gasteiger partial charge in [-0.15, -0.1) is 11.3 Å². The minimum Gasteiger partial charge on any atom is -0.477 e. The van der Waals surface area contributed by atoms with Crippen LogP contribution in [0.2, 0.25) is 0 Å². The van der Waals surface area contributed by atoms with E-state index in [1.54, 1.807) is 39.8 Å². The molecule has 1 aromatic heterocycles. The third kappa shape index (κ3) is 3.62. The van der Waals surface area contributed by atoms with E-state index in [0.29, 0.717) is 16.3 Å². The number of halogens is 1. The Bertz CT molecular complexity index is 786. The van der Waals surface area contributed by atoms with Gasteiger partial charge in [-0.2, -0.15) is 0 Å². The Morgan fingerprint density at radius 2 is 2.04 bits per heavy atom. The first kappa shape index (κ1) is 18.1. The van der Waals surface area contributed by atoms with Crippen LogP contribution in [-0.2, 0) is 10.2 Å². The largest absolute Gasteiger partial charge is 0.477 e. The predicted molar refractivity (Wildman–Crippen MR) is 89.8 cm³/mol. The minimum atomic E-state index is -1.03. The Hall–Kier alpha value is -2.28. The summed E-state index contributed by atoms with van der Waals surface area (Å²) >= 11 is 1.04. The summed E-state index contributed by atoms with van der Waals surface area (Å²) < 4.78 is 13.4. The Morgan fingerprint density at radius 3 is 2.58 bits per heavy atom. The molecule has 1 unspecified atom stereocenters. The van der Waals surface area contributed by atoms with E-state index in [1.165, 1.54) is 12.1 Å². The Labute approximate surface area is 143 Å². The summed E-state index contributed by atoms with van der Waals surface area (Å²) in [7, 11) is 0. The van der Waals surface area contributed by atoms with Crippen molar-refractivity contribution in [2.24, 2.45) is 0 Å². The van der Waals surface area contributed by atoms with Crippen molar-refractivity contribution < 1.29 is 19.1 Å². The average molecular weight is 350 g/mol. The van der Waals surface area contributed by atoms with Crippen molar-refractivity contribution in [3.63, 3.8) is 0 Å². The first-order valence-corrected chi connectivity index (χ1v) is 8.22. The number of hydrogen-bond donors (Lipinski definition) is 2. The van der Waals surface area contributed by atoms with E-state index >= 15 is 0 Å². The van der Waals surface area contributed by atoms with Crippen LogP contribution >= 0.6 is 11.3 Å². The highest BCUT2D eigenvalue weighted by Crippen LogP contribution is 2.27. The smallest absolute Gasteiger partial charge is 0.347 e. The van der Waals surface area contributed by atoms with Crippen molar-refractivity contribution in [3.8, 4) is 0 Å². The second-order valence-corrected chi connectivity index (χ2v) is 7.13. The summed E-state index contributed by atoms with van der Waals surface area (Å²) in [5.41, 5.74) is 0.0555. The maximum Gasteiger partial charge on any atom is 0.347 e. The normalized spacial score (nSPS) is 12.7. The van der Waals surface area contributed by atoms with Gasteiger partial charge in [-0.25, -0.2) is 14.2 Å². The minimum absolute atomic E-state index is 0.162. The summed E-state index contributed by atoms with van der Waals surface area (Å²) in [6, 6.07) is 5.48. The number of carbonyl (C=O) groups excluding carboxylic acids is 1. The fourth-order valence-corrected chi connectivity index (χ4v) is 3.16. The molecule has 2 aromatic rings. The van der Waals surface area contributed by atoms with E-state index in [9.17, 15) is 14.0 Å². The second-order valence-electron chi connectivity index (χ2n) is 6.10. The van der Waals surface area contributed by atoms with Crippen LogP contribution in [-0.4, -0.2) is 22.0 Å². The number of aryl methyl sites for hydroxylation is 1. The summed E-state index contributed by atoms with van der Waals surface area (Å²) in [6.07, 6.45) is 0. The lowest BCUT2D eigenvalue weighted by atomic mass is 9.83. The molecule has 1 atom stereocenters. The van der Waals surface area contributed by atoms with E-state index in [-0.39, 0.29) is 10.8 Å². The first-order chi connectivity index (χ1) is 11.1. The van der Waals surface area contributed by atoms with Crippen molar-refractivity contribution in [3.05, 3.63) is 51.2 Å². The van der Waals surface area contributed by atoms with Gasteiger partial charge in [0.15, 0.2) is 0 Å². The van der Waals surface area contributed by atoms with Crippen LogP contribution < -0.4 is 5.32 Å². The van der Waals surface area contributed by atoms with Gasteiger partial charge in [-0.3, -0.25) is 4.79 Å². The number of rotatable bonds is 5. The number of benzene rings is 1. The zero-order valence-electron chi connectivity index (χ0n) is 13.9. The number of carboxylic acid groups (broad SMARTS) is 1. The van der Waals surface area contributed by atoms with Crippen molar-refractivity contribution in [1.82, 2.24) is 10.3 Å². The molecule has 0 aliphatic carbocycles. The molecule has 0 aliphatic heterocycles. The number of carbonyl (C=O) groups is 2. The van der Waals surface area contributed by atoms with Crippen molar-refractivity contribution >= 4 is 23.2 Å². The van der Waals surface area contributed by atoms with E-state index in [2.05, 4.69) is 10.3 Å². The molecular weight excluding hydrogens is 331 g/mol. The van der Waals surface area contributed by atoms with Gasteiger partial charge in [0.2, 0.25) is 5.91 Å². The number of hydrogen-bond acceptors (Lipinski definition) is 4. The quantitative estimate of drug-likeness (QED) is 0.866. The summed E-state index contributed by atoms with van der Waals surface area (Å²) in [6.45, 7) is 6.78. The zero-order valence-corrected chi connectivity index (χ0v) is 14.7. The van der Waals surface area contributed by atoms with Crippen LogP contribution in [0.25, 0.3) is 0 Å². The third-order valence-electron chi connectivity index (χ3n) is 3.84. The van der Waals surface area contributed by atoms with Gasteiger partial charge in [0, 0.05) is 0 Å². The van der Waals surface area contributed by atoms with Crippen LogP contribution in [0.3, 0.4) is 0 Å². The van der Waals surface area contributed by atoms with Crippen LogP contribution in [0.4, 0.5) is 4.39 Å². The number of aromatic carboxylic acids is 1. The number of nitrogens with one attached hydrogen (secondary N) is 1. The van der Waals surface area contributed by atoms with Crippen LogP contribution in [0.1, 0.15) is 52.7 Å². The molecule has 1 heterocycles. The standard InChI is InChI=1S/C17H19FN2O3S/c1-9-13(15(21)22)24-14(19-9)10(2)20-16(23)17(3,4)11-6-5-7-12(18)8-11/h5-8,10H,1-4H3,(H,20,23)(H,21,22). The highest BCUT2D eigenvalue weighted by atomic mass is 32.1. The molecule has 0 saturated heterocycles. The SMILES string of the molecule is Cc1nc(C(C)NC(=O)C(C)(C)c2cccc(F)c2)sc1C(=O)O. The first-order valence-electron chi connectivity index (χ1n) is 7.40. The summed E-state index contributed by atoms with van der Waals surface area (Å²) in [5.74, 6) is -1.72. The molecule has 0 saturated carbocycles. The molecule has 24 heavy (non-hydrogen) atoms. The summed E-state index contributed by atoms with van der Waals surface area (Å²) in [4.78, 5) is 28.1. The van der Waals surface area contributed by atoms with Gasteiger partial charge in [0.1, 0.15) is 15.7 Å². The topological polar surface area (TPSA) is 79.3 Å². The number of aromatic nitrogens is 1. The van der Waals surface area contributed by atoms with Gasteiger partial charge in [-0.05, 0) is 45.4 Å². The Kier molecular flexibility index (Phi) is 5.03. The van der Waals surface area contributed by atoms with Crippen LogP contribution in [0.15, 0.2) is 24.3 Å². The number of amides is 1. The second kappa shape index (κ2) is 6.68. The molecule has 2 N–H and O–H groups in total. The highest BCUT2D eigenvalue weighted by Gasteiger charge is 2.32.